The number of anilines is 2. The van der Waals surface area contributed by atoms with Crippen LogP contribution < -0.4 is 5.32 Å². The van der Waals surface area contributed by atoms with Crippen molar-refractivity contribution in [3.05, 3.63) is 80.8 Å². The van der Waals surface area contributed by atoms with E-state index < -0.39 is 5.92 Å². The monoisotopic (exact) mass is 417 g/mol. The Hall–Kier alpha value is -2.20. The van der Waals surface area contributed by atoms with Crippen molar-refractivity contribution in [3.8, 4) is 11.1 Å². The summed E-state index contributed by atoms with van der Waals surface area (Å²) in [6.45, 7) is 0. The molecule has 0 aliphatic carbocycles. The summed E-state index contributed by atoms with van der Waals surface area (Å²) in [5.74, 6) is -0.944. The first-order chi connectivity index (χ1) is 13.0. The van der Waals surface area contributed by atoms with Crippen LogP contribution in [-0.2, 0) is 9.53 Å². The van der Waals surface area contributed by atoms with Crippen LogP contribution in [0.25, 0.3) is 11.1 Å². The molecule has 0 saturated heterocycles. The topological polar surface area (TPSA) is 38.3 Å². The molecule has 1 N–H and O–H groups in total. The Morgan fingerprint density at radius 2 is 1.63 bits per heavy atom. The molecule has 0 aromatic heterocycles. The normalized spacial score (nSPS) is 14.7. The molecule has 3 nitrogen and oxygen atoms in total. The molecule has 3 aromatic rings. The van der Waals surface area contributed by atoms with E-state index in [4.69, 9.17) is 39.5 Å². The molecule has 136 valence electrons. The summed E-state index contributed by atoms with van der Waals surface area (Å²) in [6.07, 6.45) is 0. The maximum absolute atomic E-state index is 12.8. The molecule has 27 heavy (non-hydrogen) atoms. The van der Waals surface area contributed by atoms with Gasteiger partial charge in [-0.3, -0.25) is 4.79 Å². The van der Waals surface area contributed by atoms with Crippen LogP contribution in [0.5, 0.6) is 0 Å². The van der Waals surface area contributed by atoms with Crippen LogP contribution in [0.1, 0.15) is 17.0 Å². The average molecular weight is 419 g/mol. The Labute approximate surface area is 171 Å². The van der Waals surface area contributed by atoms with Gasteiger partial charge >= 0.3 is 5.97 Å². The van der Waals surface area contributed by atoms with Gasteiger partial charge in [-0.25, -0.2) is 0 Å². The summed E-state index contributed by atoms with van der Waals surface area (Å²) in [4.78, 5) is 12.8. The van der Waals surface area contributed by atoms with Gasteiger partial charge in [0.15, 0.2) is 0 Å². The van der Waals surface area contributed by atoms with Gasteiger partial charge < -0.3 is 10.1 Å². The zero-order valence-electron chi connectivity index (χ0n) is 14.2. The van der Waals surface area contributed by atoms with E-state index in [-0.39, 0.29) is 5.97 Å². The number of fused-ring (bicyclic) bond motifs is 2. The Bertz CT molecular complexity index is 1040. The minimum atomic E-state index is -0.596. The van der Waals surface area contributed by atoms with E-state index in [9.17, 15) is 4.79 Å². The molecular formula is C21H14Cl3NO2. The zero-order valence-corrected chi connectivity index (χ0v) is 16.5. The van der Waals surface area contributed by atoms with E-state index >= 15 is 0 Å². The molecule has 0 spiro atoms. The maximum atomic E-state index is 12.8. The number of methoxy groups -OCH3 is 1. The lowest BCUT2D eigenvalue weighted by Gasteiger charge is -2.30. The number of para-hydroxylation sites is 1. The number of ether oxygens (including phenoxy) is 1. The summed E-state index contributed by atoms with van der Waals surface area (Å²) in [7, 11) is 1.39. The number of nitrogens with one attached hydrogen (secondary N) is 1. The van der Waals surface area contributed by atoms with Gasteiger partial charge in [0.25, 0.3) is 0 Å². The molecular weight excluding hydrogens is 405 g/mol. The molecule has 6 heteroatoms. The van der Waals surface area contributed by atoms with Crippen LogP contribution in [0.4, 0.5) is 11.4 Å². The van der Waals surface area contributed by atoms with Gasteiger partial charge in [-0.2, -0.15) is 0 Å². The number of hydrogen-bond acceptors (Lipinski definition) is 3. The van der Waals surface area contributed by atoms with Gasteiger partial charge in [0.1, 0.15) is 5.92 Å². The lowest BCUT2D eigenvalue weighted by atomic mass is 9.81. The fourth-order valence-corrected chi connectivity index (χ4v) is 4.55. The number of rotatable bonds is 2. The third kappa shape index (κ3) is 3.06. The number of hydrogen-bond donors (Lipinski definition) is 1. The Balaban J connectivity index is 2.02. The number of benzene rings is 3. The van der Waals surface area contributed by atoms with Crippen molar-refractivity contribution in [2.45, 2.75) is 5.92 Å². The minimum absolute atomic E-state index is 0.348. The largest absolute Gasteiger partial charge is 0.468 e. The lowest BCUT2D eigenvalue weighted by molar-refractivity contribution is -0.141. The van der Waals surface area contributed by atoms with E-state index in [1.54, 1.807) is 12.1 Å². The second-order valence-electron chi connectivity index (χ2n) is 6.18. The van der Waals surface area contributed by atoms with Crippen molar-refractivity contribution in [3.63, 3.8) is 0 Å². The second-order valence-corrected chi connectivity index (χ2v) is 7.43. The zero-order chi connectivity index (χ0) is 19.1. The summed E-state index contributed by atoms with van der Waals surface area (Å²) in [5.41, 5.74) is 4.68. The predicted molar refractivity (Wildman–Crippen MR) is 110 cm³/mol. The van der Waals surface area contributed by atoms with Crippen LogP contribution in [0.3, 0.4) is 0 Å². The molecule has 1 heterocycles. The number of carbonyl (C=O) groups is 1. The van der Waals surface area contributed by atoms with Crippen LogP contribution in [0, 0.1) is 0 Å². The molecule has 0 amide bonds. The van der Waals surface area contributed by atoms with E-state index in [1.807, 2.05) is 42.5 Å². The lowest BCUT2D eigenvalue weighted by Crippen LogP contribution is -2.22. The van der Waals surface area contributed by atoms with Crippen molar-refractivity contribution < 1.29 is 9.53 Å². The third-order valence-corrected chi connectivity index (χ3v) is 5.46. The Kier molecular flexibility index (Phi) is 4.77. The van der Waals surface area contributed by atoms with Gasteiger partial charge in [-0.1, -0.05) is 65.1 Å². The first-order valence-corrected chi connectivity index (χ1v) is 9.36. The summed E-state index contributed by atoms with van der Waals surface area (Å²) >= 11 is 19.0. The number of esters is 1. The molecule has 0 saturated carbocycles. The van der Waals surface area contributed by atoms with Crippen LogP contribution in [0.15, 0.2) is 54.6 Å². The third-order valence-electron chi connectivity index (χ3n) is 4.65. The standard InChI is InChI=1S/C21H14Cl3NO2/c1-27-21(26)20-12-5-2-3-7-16(12)25-17-8-4-6-13(19(17)20)18-14(23)9-11(22)10-15(18)24/h2-10,20,25H,1H3. The van der Waals surface area contributed by atoms with Crippen molar-refractivity contribution in [2.24, 2.45) is 0 Å². The highest BCUT2D eigenvalue weighted by Gasteiger charge is 2.34. The quantitative estimate of drug-likeness (QED) is 0.472. The van der Waals surface area contributed by atoms with E-state index in [0.29, 0.717) is 20.6 Å². The fraction of sp³-hybridized carbons (Fsp3) is 0.0952. The number of halogens is 3. The molecule has 0 radical (unpaired) electrons. The predicted octanol–water partition coefficient (Wildman–Crippen LogP) is 6.68. The second kappa shape index (κ2) is 7.08. The van der Waals surface area contributed by atoms with Gasteiger partial charge in [-0.05, 0) is 35.4 Å². The minimum Gasteiger partial charge on any atom is -0.468 e. The van der Waals surface area contributed by atoms with Gasteiger partial charge in [0.05, 0.1) is 17.2 Å². The highest BCUT2D eigenvalue weighted by molar-refractivity contribution is 6.42. The highest BCUT2D eigenvalue weighted by atomic mass is 35.5. The fourth-order valence-electron chi connectivity index (χ4n) is 3.53. The Morgan fingerprint density at radius 1 is 0.963 bits per heavy atom. The van der Waals surface area contributed by atoms with Crippen LogP contribution >= 0.6 is 34.8 Å². The molecule has 1 atom stereocenters. The van der Waals surface area contributed by atoms with E-state index in [1.165, 1.54) is 7.11 Å². The van der Waals surface area contributed by atoms with Crippen molar-refractivity contribution in [1.29, 1.82) is 0 Å². The number of carbonyl (C=O) groups excluding carboxylic acids is 1. The molecule has 3 aromatic carbocycles. The van der Waals surface area contributed by atoms with Crippen molar-refractivity contribution >= 4 is 52.1 Å². The average Bonchev–Trinajstić information content (AvgIpc) is 2.65. The van der Waals surface area contributed by atoms with Gasteiger partial charge in [-0.15, -0.1) is 0 Å². The van der Waals surface area contributed by atoms with Crippen molar-refractivity contribution in [1.82, 2.24) is 0 Å². The molecule has 0 bridgehead atoms. The maximum Gasteiger partial charge on any atom is 0.317 e. The summed E-state index contributed by atoms with van der Waals surface area (Å²) in [6, 6.07) is 16.6. The summed E-state index contributed by atoms with van der Waals surface area (Å²) in [5, 5.41) is 4.68. The van der Waals surface area contributed by atoms with Gasteiger partial charge in [0, 0.05) is 27.5 Å². The smallest absolute Gasteiger partial charge is 0.317 e. The highest BCUT2D eigenvalue weighted by Crippen LogP contribution is 2.49. The molecule has 1 aliphatic rings. The first kappa shape index (κ1) is 18.2. The molecule has 4 rings (SSSR count). The summed E-state index contributed by atoms with van der Waals surface area (Å²) < 4.78 is 5.12. The SMILES string of the molecule is COC(=O)C1c2ccccc2Nc2cccc(-c3c(Cl)cc(Cl)cc3Cl)c21. The van der Waals surface area contributed by atoms with Crippen molar-refractivity contribution in [2.75, 3.05) is 12.4 Å². The molecule has 1 unspecified atom stereocenters. The van der Waals surface area contributed by atoms with E-state index in [0.717, 1.165) is 28.1 Å². The van der Waals surface area contributed by atoms with Crippen LogP contribution in [-0.4, -0.2) is 13.1 Å². The van der Waals surface area contributed by atoms with E-state index in [2.05, 4.69) is 5.32 Å². The molecule has 0 fully saturated rings. The first-order valence-electron chi connectivity index (χ1n) is 8.23. The Morgan fingerprint density at radius 3 is 2.33 bits per heavy atom. The molecule has 1 aliphatic heterocycles. The van der Waals surface area contributed by atoms with Gasteiger partial charge in [0.2, 0.25) is 0 Å². The van der Waals surface area contributed by atoms with Crippen LogP contribution in [0.2, 0.25) is 15.1 Å².